The van der Waals surface area contributed by atoms with Gasteiger partial charge in [0, 0.05) is 0 Å². The molecule has 1 amide bonds. The van der Waals surface area contributed by atoms with Crippen LogP contribution in [0.15, 0.2) is 0 Å². The van der Waals surface area contributed by atoms with Crippen LogP contribution in [0.5, 0.6) is 0 Å². The number of amides is 1. The summed E-state index contributed by atoms with van der Waals surface area (Å²) >= 11 is 0. The second-order valence-electron chi connectivity index (χ2n) is 2.37. The second kappa shape index (κ2) is 2.72. The molecule has 64 valence electrons. The van der Waals surface area contributed by atoms with Crippen LogP contribution in [0, 0.1) is 0 Å². The zero-order chi connectivity index (χ0) is 8.48. The fourth-order valence-electron chi connectivity index (χ4n) is 0.440. The van der Waals surface area contributed by atoms with Crippen molar-refractivity contribution in [2.45, 2.75) is 6.10 Å². The van der Waals surface area contributed by atoms with Gasteiger partial charge in [0.05, 0.1) is 6.61 Å². The topological polar surface area (TPSA) is 117 Å². The molecule has 0 aromatic carbocycles. The van der Waals surface area contributed by atoms with Crippen molar-refractivity contribution in [2.24, 2.45) is 17.5 Å². The minimum absolute atomic E-state index is 0.00880. The summed E-state index contributed by atoms with van der Waals surface area (Å²) in [6, 6.07) is 0. The number of hydrogen-bond acceptors (Lipinski definition) is 6. The van der Waals surface area contributed by atoms with Gasteiger partial charge in [0.25, 0.3) is 0 Å². The van der Waals surface area contributed by atoms with Crippen LogP contribution in [0.3, 0.4) is 0 Å². The molecule has 1 aliphatic rings. The Labute approximate surface area is 63.1 Å². The van der Waals surface area contributed by atoms with Crippen LogP contribution in [0.4, 0.5) is 4.79 Å². The highest BCUT2D eigenvalue weighted by Gasteiger charge is 2.31. The van der Waals surface area contributed by atoms with Gasteiger partial charge in [-0.3, -0.25) is 0 Å². The Hall–Kier alpha value is -0.730. The molecular weight excluding hydrogens is 152 g/mol. The van der Waals surface area contributed by atoms with Crippen molar-refractivity contribution in [3.63, 3.8) is 0 Å². The van der Waals surface area contributed by atoms with Crippen molar-refractivity contribution in [3.05, 3.63) is 0 Å². The zero-order valence-electron chi connectivity index (χ0n) is 5.90. The molecule has 0 aromatic rings. The van der Waals surface area contributed by atoms with Gasteiger partial charge in [0.1, 0.15) is 12.7 Å². The quantitative estimate of drug-likeness (QED) is 0.142. The third-order valence-corrected chi connectivity index (χ3v) is 1.11. The minimum Gasteiger partial charge on any atom is -0.413 e. The molecule has 1 unspecified atom stereocenters. The minimum atomic E-state index is -1.30. The van der Waals surface area contributed by atoms with Crippen LogP contribution in [-0.4, -0.2) is 30.2 Å². The lowest BCUT2D eigenvalue weighted by Gasteiger charge is -2.14. The highest BCUT2D eigenvalue weighted by atomic mass is 16.6. The average Bonchev–Trinajstić information content (AvgIpc) is 2.62. The monoisotopic (exact) mass is 163 g/mol. The van der Waals surface area contributed by atoms with Crippen LogP contribution >= 0.6 is 0 Å². The number of carbonyl (C=O) groups is 1. The summed E-state index contributed by atoms with van der Waals surface area (Å²) in [5.41, 5.74) is 0. The van der Waals surface area contributed by atoms with Gasteiger partial charge in [0.15, 0.2) is 0 Å². The molecule has 1 heterocycles. The van der Waals surface area contributed by atoms with Gasteiger partial charge in [-0.05, 0) is 4.81 Å². The Morgan fingerprint density at radius 3 is 2.55 bits per heavy atom. The Morgan fingerprint density at radius 2 is 2.18 bits per heavy atom. The van der Waals surface area contributed by atoms with E-state index in [0.29, 0.717) is 6.61 Å². The molecule has 1 atom stereocenters. The van der Waals surface area contributed by atoms with E-state index in [-0.39, 0.29) is 12.7 Å². The van der Waals surface area contributed by atoms with Crippen molar-refractivity contribution in [1.29, 1.82) is 0 Å². The fraction of sp³-hybridized carbons (Fsp3) is 0.750. The predicted octanol–water partition coefficient (Wildman–Crippen LogP) is -2.04. The molecule has 1 fully saturated rings. The van der Waals surface area contributed by atoms with Gasteiger partial charge < -0.3 is 9.47 Å². The lowest BCUT2D eigenvalue weighted by Crippen LogP contribution is -2.69. The Morgan fingerprint density at radius 1 is 1.64 bits per heavy atom. The van der Waals surface area contributed by atoms with E-state index in [0.717, 1.165) is 0 Å². The van der Waals surface area contributed by atoms with Gasteiger partial charge >= 0.3 is 6.09 Å². The Balaban J connectivity index is 2.19. The molecule has 0 aromatic heterocycles. The highest BCUT2D eigenvalue weighted by molar-refractivity contribution is 5.58. The number of ether oxygens (including phenoxy) is 2. The van der Waals surface area contributed by atoms with Crippen molar-refractivity contribution in [3.8, 4) is 0 Å². The number of hydrogen-bond donors (Lipinski definition) is 3. The highest BCUT2D eigenvalue weighted by Crippen LogP contribution is 2.08. The average molecular weight is 163 g/mol. The summed E-state index contributed by atoms with van der Waals surface area (Å²) in [6.07, 6.45) is -0.897. The summed E-state index contributed by atoms with van der Waals surface area (Å²) < 4.78 is 9.33. The predicted molar refractivity (Wildman–Crippen MR) is 33.9 cm³/mol. The van der Waals surface area contributed by atoms with Crippen molar-refractivity contribution in [2.75, 3.05) is 13.2 Å². The van der Waals surface area contributed by atoms with E-state index in [9.17, 15) is 4.79 Å². The van der Waals surface area contributed by atoms with E-state index in [1.165, 1.54) is 0 Å². The SMILES string of the molecule is N[N+](N)(N)C(=O)OCC1CO1. The van der Waals surface area contributed by atoms with E-state index < -0.39 is 10.9 Å². The first kappa shape index (κ1) is 8.37. The van der Waals surface area contributed by atoms with Crippen molar-refractivity contribution >= 4 is 6.09 Å². The summed E-state index contributed by atoms with van der Waals surface area (Å²) in [6.45, 7) is 0.761. The molecule has 7 nitrogen and oxygen atoms in total. The van der Waals surface area contributed by atoms with Gasteiger partial charge in [-0.2, -0.15) is 4.79 Å². The fourth-order valence-corrected chi connectivity index (χ4v) is 0.440. The van der Waals surface area contributed by atoms with Gasteiger partial charge in [-0.15, -0.1) is 17.5 Å². The molecule has 0 aliphatic carbocycles. The first-order valence-corrected chi connectivity index (χ1v) is 3.04. The van der Waals surface area contributed by atoms with E-state index in [2.05, 4.69) is 4.74 Å². The maximum Gasteiger partial charge on any atom is 0.577 e. The summed E-state index contributed by atoms with van der Waals surface area (Å²) in [5.74, 6) is 14.9. The number of nitrogens with two attached hydrogens (primary N) is 3. The molecule has 0 bridgehead atoms. The molecule has 1 rings (SSSR count). The molecule has 0 spiro atoms. The Kier molecular flexibility index (Phi) is 2.07. The van der Waals surface area contributed by atoms with E-state index in [4.69, 9.17) is 22.3 Å². The third-order valence-electron chi connectivity index (χ3n) is 1.11. The van der Waals surface area contributed by atoms with Crippen LogP contribution < -0.4 is 17.5 Å². The van der Waals surface area contributed by atoms with Gasteiger partial charge in [-0.1, -0.05) is 0 Å². The van der Waals surface area contributed by atoms with E-state index in [1.807, 2.05) is 0 Å². The molecule has 11 heavy (non-hydrogen) atoms. The molecule has 1 aliphatic heterocycles. The van der Waals surface area contributed by atoms with Crippen molar-refractivity contribution in [1.82, 2.24) is 0 Å². The standard InChI is InChI=1S/C4H11N4O3/c5-8(6,7)4(9)11-2-3-1-10-3/h3H,1-2,5-7H2/q+1. The van der Waals surface area contributed by atoms with Crippen LogP contribution in [0.1, 0.15) is 0 Å². The van der Waals surface area contributed by atoms with Gasteiger partial charge in [0.2, 0.25) is 0 Å². The van der Waals surface area contributed by atoms with Gasteiger partial charge in [-0.25, -0.2) is 0 Å². The maximum absolute atomic E-state index is 10.7. The maximum atomic E-state index is 10.7. The van der Waals surface area contributed by atoms with Crippen LogP contribution in [0.2, 0.25) is 0 Å². The molecule has 7 heteroatoms. The van der Waals surface area contributed by atoms with E-state index >= 15 is 0 Å². The molecule has 0 saturated carbocycles. The number of carbonyl (C=O) groups excluding carboxylic acids is 1. The molecule has 0 radical (unpaired) electrons. The van der Waals surface area contributed by atoms with Crippen LogP contribution in [0.25, 0.3) is 0 Å². The first-order chi connectivity index (χ1) is 5.00. The van der Waals surface area contributed by atoms with Crippen molar-refractivity contribution < 1.29 is 19.1 Å². The number of quaternary nitrogens is 1. The largest absolute Gasteiger partial charge is 0.577 e. The number of epoxide rings is 1. The zero-order valence-corrected chi connectivity index (χ0v) is 5.90. The molecule has 6 N–H and O–H groups in total. The van der Waals surface area contributed by atoms with Crippen LogP contribution in [-0.2, 0) is 9.47 Å². The summed E-state index contributed by atoms with van der Waals surface area (Å²) in [5, 5.41) is 0. The lowest BCUT2D eigenvalue weighted by molar-refractivity contribution is -0.893. The molecular formula is C4H11N4O3+. The molecule has 1 saturated heterocycles. The van der Waals surface area contributed by atoms with E-state index in [1.54, 1.807) is 0 Å². The number of nitrogens with zero attached hydrogens (tertiary/aromatic N) is 1. The summed E-state index contributed by atoms with van der Waals surface area (Å²) in [4.78, 5) is 9.42. The normalized spacial score (nSPS) is 23.0. The summed E-state index contributed by atoms with van der Waals surface area (Å²) in [7, 11) is 0. The lowest BCUT2D eigenvalue weighted by atomic mass is 10.5. The second-order valence-corrected chi connectivity index (χ2v) is 2.37. The first-order valence-electron chi connectivity index (χ1n) is 3.04. The smallest absolute Gasteiger partial charge is 0.413 e. The Bertz CT molecular complexity index is 161. The third kappa shape index (κ3) is 2.78. The number of rotatable bonds is 2.